The lowest BCUT2D eigenvalue weighted by Gasteiger charge is -2.11. The number of benzene rings is 1. The third-order valence-corrected chi connectivity index (χ3v) is 4.62. The Kier molecular flexibility index (Phi) is 4.37. The molecule has 6 nitrogen and oxygen atoms in total. The predicted octanol–water partition coefficient (Wildman–Crippen LogP) is 2.75. The van der Waals surface area contributed by atoms with Crippen LogP contribution in [0.2, 0.25) is 5.15 Å². The highest BCUT2D eigenvalue weighted by molar-refractivity contribution is 9.10. The summed E-state index contributed by atoms with van der Waals surface area (Å²) in [7, 11) is -3.99. The summed E-state index contributed by atoms with van der Waals surface area (Å²) in [5.41, 5.74) is 5.89. The summed E-state index contributed by atoms with van der Waals surface area (Å²) in [4.78, 5) is 3.63. The number of rotatable bonds is 3. The van der Waals surface area contributed by atoms with E-state index in [1.165, 1.54) is 30.5 Å². The van der Waals surface area contributed by atoms with Gasteiger partial charge in [-0.15, -0.1) is 0 Å². The molecule has 0 saturated heterocycles. The molecule has 0 atom stereocenters. The Hall–Kier alpha value is -1.82. The smallest absolute Gasteiger partial charge is 0.263 e. The first-order valence-electron chi connectivity index (χ1n) is 5.47. The first kappa shape index (κ1) is 15.6. The molecule has 0 aliphatic carbocycles. The zero-order chi connectivity index (χ0) is 15.6. The van der Waals surface area contributed by atoms with E-state index in [1.54, 1.807) is 6.07 Å². The van der Waals surface area contributed by atoms with Gasteiger partial charge in [0.2, 0.25) is 0 Å². The summed E-state index contributed by atoms with van der Waals surface area (Å²) in [5, 5.41) is 9.02. The lowest BCUT2D eigenvalue weighted by molar-refractivity contribution is 0.601. The third-order valence-electron chi connectivity index (χ3n) is 2.46. The van der Waals surface area contributed by atoms with E-state index in [-0.39, 0.29) is 21.3 Å². The molecule has 1 aromatic carbocycles. The quantitative estimate of drug-likeness (QED) is 0.621. The molecule has 0 amide bonds. The van der Waals surface area contributed by atoms with E-state index in [4.69, 9.17) is 22.6 Å². The van der Waals surface area contributed by atoms with Gasteiger partial charge in [-0.05, 0) is 40.2 Å². The largest absolute Gasteiger partial charge is 0.399 e. The van der Waals surface area contributed by atoms with Gasteiger partial charge in [0.1, 0.15) is 11.0 Å². The molecule has 3 N–H and O–H groups in total. The first-order valence-corrected chi connectivity index (χ1v) is 8.12. The predicted molar refractivity (Wildman–Crippen MR) is 83.3 cm³/mol. The number of nitrogens with one attached hydrogen (secondary N) is 1. The average Bonchev–Trinajstić information content (AvgIpc) is 2.42. The van der Waals surface area contributed by atoms with Gasteiger partial charge < -0.3 is 5.73 Å². The third kappa shape index (κ3) is 3.44. The maximum Gasteiger partial charge on any atom is 0.263 e. The molecule has 0 radical (unpaired) electrons. The molecule has 21 heavy (non-hydrogen) atoms. The highest BCUT2D eigenvalue weighted by Gasteiger charge is 2.20. The Labute approximate surface area is 134 Å². The fourth-order valence-electron chi connectivity index (χ4n) is 1.56. The standard InChI is InChI=1S/C12H8BrClN4O2S/c13-8-4-10(12(14)17-6-8)18-21(19,20)11-2-1-9(16)3-7(11)5-15/h1-4,6,18H,16H2. The molecule has 108 valence electrons. The molecular formula is C12H8BrClN4O2S. The van der Waals surface area contributed by atoms with Gasteiger partial charge in [0.15, 0.2) is 5.15 Å². The molecule has 0 spiro atoms. The van der Waals surface area contributed by atoms with Crippen LogP contribution in [-0.4, -0.2) is 13.4 Å². The van der Waals surface area contributed by atoms with Crippen LogP contribution >= 0.6 is 27.5 Å². The highest BCUT2D eigenvalue weighted by Crippen LogP contribution is 2.27. The van der Waals surface area contributed by atoms with Crippen molar-refractivity contribution in [3.63, 3.8) is 0 Å². The Morgan fingerprint density at radius 1 is 1.38 bits per heavy atom. The van der Waals surface area contributed by atoms with Crippen LogP contribution in [0.3, 0.4) is 0 Å². The molecule has 1 heterocycles. The number of pyridine rings is 1. The molecule has 0 bridgehead atoms. The van der Waals surface area contributed by atoms with Crippen molar-refractivity contribution in [1.82, 2.24) is 4.98 Å². The minimum atomic E-state index is -3.99. The summed E-state index contributed by atoms with van der Waals surface area (Å²) in [6.07, 6.45) is 1.43. The van der Waals surface area contributed by atoms with Crippen molar-refractivity contribution in [3.8, 4) is 6.07 Å². The van der Waals surface area contributed by atoms with Crippen LogP contribution in [0.25, 0.3) is 0 Å². The first-order chi connectivity index (χ1) is 9.83. The average molecular weight is 388 g/mol. The lowest BCUT2D eigenvalue weighted by Crippen LogP contribution is -2.15. The van der Waals surface area contributed by atoms with Gasteiger partial charge in [0, 0.05) is 16.4 Å². The number of anilines is 2. The van der Waals surface area contributed by atoms with Gasteiger partial charge in [-0.2, -0.15) is 5.26 Å². The number of hydrogen-bond donors (Lipinski definition) is 2. The van der Waals surface area contributed by atoms with Crippen LogP contribution < -0.4 is 10.5 Å². The van der Waals surface area contributed by atoms with Crippen LogP contribution in [0.15, 0.2) is 39.8 Å². The van der Waals surface area contributed by atoms with Gasteiger partial charge in [0.05, 0.1) is 11.3 Å². The molecule has 0 aliphatic rings. The van der Waals surface area contributed by atoms with Crippen LogP contribution in [0, 0.1) is 11.3 Å². The van der Waals surface area contributed by atoms with Gasteiger partial charge in [-0.3, -0.25) is 4.72 Å². The van der Waals surface area contributed by atoms with Crippen LogP contribution in [0.5, 0.6) is 0 Å². The van der Waals surface area contributed by atoms with E-state index in [1.807, 2.05) is 0 Å². The van der Waals surface area contributed by atoms with E-state index in [9.17, 15) is 8.42 Å². The zero-order valence-electron chi connectivity index (χ0n) is 10.3. The molecule has 1 aromatic heterocycles. The number of aromatic nitrogens is 1. The minimum Gasteiger partial charge on any atom is -0.399 e. The number of nitrogen functional groups attached to an aromatic ring is 1. The second kappa shape index (κ2) is 5.89. The monoisotopic (exact) mass is 386 g/mol. The molecule has 2 aromatic rings. The second-order valence-electron chi connectivity index (χ2n) is 3.96. The number of halogens is 2. The van der Waals surface area contributed by atoms with E-state index in [2.05, 4.69) is 25.6 Å². The summed E-state index contributed by atoms with van der Waals surface area (Å²) in [5.74, 6) is 0. The summed E-state index contributed by atoms with van der Waals surface area (Å²) < 4.78 is 27.6. The molecule has 0 unspecified atom stereocenters. The van der Waals surface area contributed by atoms with Crippen LogP contribution in [-0.2, 0) is 10.0 Å². The van der Waals surface area contributed by atoms with E-state index >= 15 is 0 Å². The Bertz CT molecular complexity index is 849. The Morgan fingerprint density at radius 2 is 2.10 bits per heavy atom. The topological polar surface area (TPSA) is 109 Å². The number of hydrogen-bond acceptors (Lipinski definition) is 5. The maximum absolute atomic E-state index is 12.4. The zero-order valence-corrected chi connectivity index (χ0v) is 13.5. The molecule has 0 aliphatic heterocycles. The molecular weight excluding hydrogens is 380 g/mol. The van der Waals surface area contributed by atoms with Gasteiger partial charge in [0.25, 0.3) is 10.0 Å². The van der Waals surface area contributed by atoms with Crippen molar-refractivity contribution < 1.29 is 8.42 Å². The Balaban J connectivity index is 2.49. The number of nitrogens with zero attached hydrogens (tertiary/aromatic N) is 2. The van der Waals surface area contributed by atoms with Gasteiger partial charge in [-0.25, -0.2) is 13.4 Å². The van der Waals surface area contributed by atoms with Crippen molar-refractivity contribution in [2.45, 2.75) is 4.90 Å². The fraction of sp³-hybridized carbons (Fsp3) is 0. The van der Waals surface area contributed by atoms with Crippen LogP contribution in [0.4, 0.5) is 11.4 Å². The SMILES string of the molecule is N#Cc1cc(N)ccc1S(=O)(=O)Nc1cc(Br)cnc1Cl. The molecule has 2 rings (SSSR count). The van der Waals surface area contributed by atoms with E-state index in [0.717, 1.165) is 0 Å². The highest BCUT2D eigenvalue weighted by atomic mass is 79.9. The van der Waals surface area contributed by atoms with Crippen LogP contribution in [0.1, 0.15) is 5.56 Å². The van der Waals surface area contributed by atoms with Crippen molar-refractivity contribution in [1.29, 1.82) is 5.26 Å². The number of nitrogens with two attached hydrogens (primary N) is 1. The van der Waals surface area contributed by atoms with Gasteiger partial charge >= 0.3 is 0 Å². The summed E-state index contributed by atoms with van der Waals surface area (Å²) >= 11 is 9.02. The van der Waals surface area contributed by atoms with Crippen molar-refractivity contribution >= 4 is 48.9 Å². The number of sulfonamides is 1. The van der Waals surface area contributed by atoms with Crippen molar-refractivity contribution in [2.75, 3.05) is 10.5 Å². The Morgan fingerprint density at radius 3 is 2.76 bits per heavy atom. The van der Waals surface area contributed by atoms with E-state index < -0.39 is 10.0 Å². The second-order valence-corrected chi connectivity index (χ2v) is 6.89. The van der Waals surface area contributed by atoms with Crippen molar-refractivity contribution in [2.24, 2.45) is 0 Å². The van der Waals surface area contributed by atoms with Gasteiger partial charge in [-0.1, -0.05) is 11.6 Å². The molecule has 9 heteroatoms. The number of nitriles is 1. The van der Waals surface area contributed by atoms with Crippen molar-refractivity contribution in [3.05, 3.63) is 45.7 Å². The summed E-state index contributed by atoms with van der Waals surface area (Å²) in [6.45, 7) is 0. The fourth-order valence-corrected chi connectivity index (χ4v) is 3.30. The minimum absolute atomic E-state index is 0.00396. The normalized spacial score (nSPS) is 10.9. The molecule has 0 fully saturated rings. The van der Waals surface area contributed by atoms with E-state index in [0.29, 0.717) is 10.2 Å². The maximum atomic E-state index is 12.4. The summed E-state index contributed by atoms with van der Waals surface area (Å²) in [6, 6.07) is 7.21. The molecule has 0 saturated carbocycles. The lowest BCUT2D eigenvalue weighted by atomic mass is 10.2.